The summed E-state index contributed by atoms with van der Waals surface area (Å²) in [5.41, 5.74) is 1.88. The van der Waals surface area contributed by atoms with Crippen molar-refractivity contribution in [2.24, 2.45) is 0 Å². The van der Waals surface area contributed by atoms with Crippen LogP contribution in [0.5, 0.6) is 5.75 Å². The lowest BCUT2D eigenvalue weighted by Gasteiger charge is -2.18. The van der Waals surface area contributed by atoms with Crippen LogP contribution in [-0.2, 0) is 6.42 Å². The minimum absolute atomic E-state index is 0.0681. The first-order valence-corrected chi connectivity index (χ1v) is 8.79. The molecule has 0 aliphatic carbocycles. The lowest BCUT2D eigenvalue weighted by atomic mass is 10.1. The lowest BCUT2D eigenvalue weighted by molar-refractivity contribution is 0.0788. The van der Waals surface area contributed by atoms with Gasteiger partial charge in [-0.05, 0) is 36.6 Å². The van der Waals surface area contributed by atoms with E-state index in [4.69, 9.17) is 4.74 Å². The summed E-state index contributed by atoms with van der Waals surface area (Å²) in [6, 6.07) is 15.9. The fourth-order valence-electron chi connectivity index (χ4n) is 2.81. The van der Waals surface area contributed by atoms with Gasteiger partial charge in [-0.3, -0.25) is 4.79 Å². The molecule has 1 amide bonds. The third-order valence-corrected chi connectivity index (χ3v) is 4.55. The fourth-order valence-corrected chi connectivity index (χ4v) is 3.17. The van der Waals surface area contributed by atoms with Crippen LogP contribution >= 0.6 is 15.9 Å². The SMILES string of the molecule is O=C(c1cc(Br)ccc1OCCc1ccccc1)N1CCCC1. The van der Waals surface area contributed by atoms with Crippen molar-refractivity contribution in [3.8, 4) is 5.75 Å². The number of nitrogens with zero attached hydrogens (tertiary/aromatic N) is 1. The zero-order valence-electron chi connectivity index (χ0n) is 13.0. The molecule has 0 radical (unpaired) electrons. The fraction of sp³-hybridized carbons (Fsp3) is 0.316. The van der Waals surface area contributed by atoms with Crippen LogP contribution in [0.1, 0.15) is 28.8 Å². The number of rotatable bonds is 5. The number of carbonyl (C=O) groups excluding carboxylic acids is 1. The summed E-state index contributed by atoms with van der Waals surface area (Å²) in [5.74, 6) is 0.736. The van der Waals surface area contributed by atoms with E-state index in [2.05, 4.69) is 28.1 Å². The minimum atomic E-state index is 0.0681. The van der Waals surface area contributed by atoms with Gasteiger partial charge in [0.25, 0.3) is 5.91 Å². The molecule has 0 N–H and O–H groups in total. The predicted molar refractivity (Wildman–Crippen MR) is 94.9 cm³/mol. The standard InChI is InChI=1S/C19H20BrNO2/c20-16-8-9-18(23-13-10-15-6-2-1-3-7-15)17(14-16)19(22)21-11-4-5-12-21/h1-3,6-9,14H,4-5,10-13H2. The molecule has 4 heteroatoms. The summed E-state index contributed by atoms with van der Waals surface area (Å²) in [6.07, 6.45) is 3.00. The summed E-state index contributed by atoms with van der Waals surface area (Å²) < 4.78 is 6.81. The number of halogens is 1. The van der Waals surface area contributed by atoms with Crippen LogP contribution in [-0.4, -0.2) is 30.5 Å². The van der Waals surface area contributed by atoms with Crippen LogP contribution in [0.4, 0.5) is 0 Å². The third-order valence-electron chi connectivity index (χ3n) is 4.06. The Balaban J connectivity index is 1.69. The van der Waals surface area contributed by atoms with E-state index in [1.54, 1.807) is 0 Å². The van der Waals surface area contributed by atoms with E-state index in [0.29, 0.717) is 17.9 Å². The number of ether oxygens (including phenoxy) is 1. The minimum Gasteiger partial charge on any atom is -0.492 e. The average Bonchev–Trinajstić information content (AvgIpc) is 3.11. The molecule has 23 heavy (non-hydrogen) atoms. The molecular weight excluding hydrogens is 354 g/mol. The van der Waals surface area contributed by atoms with E-state index in [9.17, 15) is 4.79 Å². The maximum atomic E-state index is 12.7. The van der Waals surface area contributed by atoms with Gasteiger partial charge < -0.3 is 9.64 Å². The second-order valence-corrected chi connectivity index (χ2v) is 6.64. The molecule has 0 saturated carbocycles. The van der Waals surface area contributed by atoms with Gasteiger partial charge in [0, 0.05) is 24.0 Å². The van der Waals surface area contributed by atoms with Gasteiger partial charge in [-0.1, -0.05) is 46.3 Å². The average molecular weight is 374 g/mol. The maximum absolute atomic E-state index is 12.7. The molecule has 1 saturated heterocycles. The summed E-state index contributed by atoms with van der Waals surface area (Å²) in [4.78, 5) is 14.6. The molecule has 0 spiro atoms. The highest BCUT2D eigenvalue weighted by molar-refractivity contribution is 9.10. The predicted octanol–water partition coefficient (Wildman–Crippen LogP) is 4.31. The maximum Gasteiger partial charge on any atom is 0.257 e. The molecule has 1 heterocycles. The number of hydrogen-bond donors (Lipinski definition) is 0. The topological polar surface area (TPSA) is 29.5 Å². The molecular formula is C19H20BrNO2. The number of benzene rings is 2. The molecule has 0 aromatic heterocycles. The molecule has 1 aliphatic heterocycles. The summed E-state index contributed by atoms with van der Waals surface area (Å²) >= 11 is 3.45. The summed E-state index contributed by atoms with van der Waals surface area (Å²) in [7, 11) is 0. The molecule has 3 nitrogen and oxygen atoms in total. The normalized spacial score (nSPS) is 14.0. The molecule has 0 unspecified atom stereocenters. The highest BCUT2D eigenvalue weighted by Gasteiger charge is 2.22. The Bertz CT molecular complexity index is 666. The van der Waals surface area contributed by atoms with E-state index in [0.717, 1.165) is 36.8 Å². The molecule has 3 rings (SSSR count). The largest absolute Gasteiger partial charge is 0.492 e. The Hall–Kier alpha value is -1.81. The van der Waals surface area contributed by atoms with E-state index in [1.807, 2.05) is 41.3 Å². The Morgan fingerprint density at radius 2 is 1.83 bits per heavy atom. The first kappa shape index (κ1) is 16.1. The molecule has 1 fully saturated rings. The molecule has 0 atom stereocenters. The number of carbonyl (C=O) groups is 1. The third kappa shape index (κ3) is 4.14. The molecule has 120 valence electrons. The van der Waals surface area contributed by atoms with Crippen molar-refractivity contribution in [1.82, 2.24) is 4.90 Å². The smallest absolute Gasteiger partial charge is 0.257 e. The van der Waals surface area contributed by atoms with E-state index in [1.165, 1.54) is 5.56 Å². The second kappa shape index (κ2) is 7.64. The van der Waals surface area contributed by atoms with Crippen molar-refractivity contribution in [1.29, 1.82) is 0 Å². The highest BCUT2D eigenvalue weighted by Crippen LogP contribution is 2.26. The monoisotopic (exact) mass is 373 g/mol. The first-order valence-electron chi connectivity index (χ1n) is 7.99. The Morgan fingerprint density at radius 1 is 1.09 bits per heavy atom. The van der Waals surface area contributed by atoms with Crippen molar-refractivity contribution in [2.45, 2.75) is 19.3 Å². The van der Waals surface area contributed by atoms with Gasteiger partial charge >= 0.3 is 0 Å². The van der Waals surface area contributed by atoms with Crippen LogP contribution < -0.4 is 4.74 Å². The van der Waals surface area contributed by atoms with Crippen molar-refractivity contribution in [3.05, 3.63) is 64.1 Å². The summed E-state index contributed by atoms with van der Waals surface area (Å²) in [5, 5.41) is 0. The van der Waals surface area contributed by atoms with Gasteiger partial charge in [-0.15, -0.1) is 0 Å². The van der Waals surface area contributed by atoms with Gasteiger partial charge in [-0.2, -0.15) is 0 Å². The molecule has 2 aromatic carbocycles. The number of likely N-dealkylation sites (tertiary alicyclic amines) is 1. The first-order chi connectivity index (χ1) is 11.2. The Labute approximate surface area is 145 Å². The van der Waals surface area contributed by atoms with Crippen LogP contribution in [0, 0.1) is 0 Å². The van der Waals surface area contributed by atoms with Gasteiger partial charge in [0.1, 0.15) is 5.75 Å². The van der Waals surface area contributed by atoms with Gasteiger partial charge in [-0.25, -0.2) is 0 Å². The quantitative estimate of drug-likeness (QED) is 0.781. The lowest BCUT2D eigenvalue weighted by Crippen LogP contribution is -2.28. The highest BCUT2D eigenvalue weighted by atomic mass is 79.9. The Morgan fingerprint density at radius 3 is 2.57 bits per heavy atom. The molecule has 1 aliphatic rings. The number of amides is 1. The van der Waals surface area contributed by atoms with Crippen LogP contribution in [0.2, 0.25) is 0 Å². The van der Waals surface area contributed by atoms with Gasteiger partial charge in [0.15, 0.2) is 0 Å². The van der Waals surface area contributed by atoms with Crippen molar-refractivity contribution in [3.63, 3.8) is 0 Å². The van der Waals surface area contributed by atoms with Crippen LogP contribution in [0.25, 0.3) is 0 Å². The van der Waals surface area contributed by atoms with Gasteiger partial charge in [0.2, 0.25) is 0 Å². The van der Waals surface area contributed by atoms with Crippen LogP contribution in [0.3, 0.4) is 0 Å². The second-order valence-electron chi connectivity index (χ2n) is 5.72. The number of hydrogen-bond acceptors (Lipinski definition) is 2. The van der Waals surface area contributed by atoms with Crippen molar-refractivity contribution < 1.29 is 9.53 Å². The van der Waals surface area contributed by atoms with Crippen molar-refractivity contribution >= 4 is 21.8 Å². The molecule has 2 aromatic rings. The van der Waals surface area contributed by atoms with Crippen molar-refractivity contribution in [2.75, 3.05) is 19.7 Å². The van der Waals surface area contributed by atoms with Crippen LogP contribution in [0.15, 0.2) is 53.0 Å². The van der Waals surface area contributed by atoms with Gasteiger partial charge in [0.05, 0.1) is 12.2 Å². The zero-order chi connectivity index (χ0) is 16.1. The van der Waals surface area contributed by atoms with E-state index in [-0.39, 0.29) is 5.91 Å². The molecule has 0 bridgehead atoms. The van der Waals surface area contributed by atoms with E-state index < -0.39 is 0 Å². The zero-order valence-corrected chi connectivity index (χ0v) is 14.6. The Kier molecular flexibility index (Phi) is 5.34. The summed E-state index contributed by atoms with van der Waals surface area (Å²) in [6.45, 7) is 2.25. The van der Waals surface area contributed by atoms with E-state index >= 15 is 0 Å².